The third-order valence-electron chi connectivity index (χ3n) is 10.4. The number of pyridine rings is 2. The molecule has 5 rings (SSSR count). The minimum absolute atomic E-state index is 0.383. The third kappa shape index (κ3) is 15.9. The number of hydrogen-bond donors (Lipinski definition) is 0. The van der Waals surface area contributed by atoms with Gasteiger partial charge in [0.15, 0.2) is 0 Å². The summed E-state index contributed by atoms with van der Waals surface area (Å²) in [5, 5.41) is 0. The molecule has 328 valence electrons. The molecule has 0 unspecified atom stereocenters. The van der Waals surface area contributed by atoms with Gasteiger partial charge in [-0.2, -0.15) is 0 Å². The van der Waals surface area contributed by atoms with E-state index in [0.717, 1.165) is 99.6 Å². The molecule has 2 aromatic carbocycles. The molecule has 1 aliphatic rings. The molecule has 2 atom stereocenters. The lowest BCUT2D eigenvalue weighted by Crippen LogP contribution is -2.37. The fourth-order valence-electron chi connectivity index (χ4n) is 6.88. The Labute approximate surface area is 364 Å². The summed E-state index contributed by atoms with van der Waals surface area (Å²) in [7, 11) is 0. The molecular weight excluding hydrogens is 789 g/mol. The van der Waals surface area contributed by atoms with Crippen molar-refractivity contribution < 1.29 is 47.6 Å². The van der Waals surface area contributed by atoms with E-state index in [4.69, 9.17) is 28.4 Å². The Bertz CT molecular complexity index is 1870. The highest BCUT2D eigenvalue weighted by Crippen LogP contribution is 2.28. The summed E-state index contributed by atoms with van der Waals surface area (Å²) in [5.41, 5.74) is 4.00. The van der Waals surface area contributed by atoms with E-state index in [0.29, 0.717) is 61.9 Å². The van der Waals surface area contributed by atoms with Crippen LogP contribution >= 0.6 is 0 Å². The Hall–Kier alpha value is -6.30. The van der Waals surface area contributed by atoms with E-state index in [2.05, 4.69) is 23.1 Å². The molecule has 1 fully saturated rings. The van der Waals surface area contributed by atoms with Crippen molar-refractivity contribution in [1.82, 2.24) is 9.97 Å². The molecular formula is C50H58N2O10. The lowest BCUT2D eigenvalue weighted by atomic mass is 9.94. The van der Waals surface area contributed by atoms with Gasteiger partial charge < -0.3 is 28.4 Å². The van der Waals surface area contributed by atoms with Crippen molar-refractivity contribution in [3.8, 4) is 34.0 Å². The van der Waals surface area contributed by atoms with Crippen LogP contribution in [0.4, 0.5) is 0 Å². The van der Waals surface area contributed by atoms with Crippen molar-refractivity contribution in [1.29, 1.82) is 0 Å². The highest BCUT2D eigenvalue weighted by Gasteiger charge is 2.32. The average Bonchev–Trinajstić information content (AvgIpc) is 3.31. The Morgan fingerprint density at radius 3 is 1.23 bits per heavy atom. The number of rotatable bonds is 26. The first-order valence-corrected chi connectivity index (χ1v) is 21.7. The maximum Gasteiger partial charge on any atom is 0.338 e. The third-order valence-corrected chi connectivity index (χ3v) is 10.4. The van der Waals surface area contributed by atoms with Gasteiger partial charge in [-0.1, -0.05) is 75.9 Å². The van der Waals surface area contributed by atoms with Crippen molar-refractivity contribution in [3.05, 3.63) is 122 Å². The molecule has 12 nitrogen and oxygen atoms in total. The van der Waals surface area contributed by atoms with Gasteiger partial charge in [-0.15, -0.1) is 0 Å². The van der Waals surface area contributed by atoms with Gasteiger partial charge in [-0.3, -0.25) is 9.97 Å². The maximum absolute atomic E-state index is 13.2. The van der Waals surface area contributed by atoms with Crippen molar-refractivity contribution in [2.45, 2.75) is 102 Å². The molecule has 62 heavy (non-hydrogen) atoms. The fraction of sp³-hybridized carbons (Fsp3) is 0.400. The summed E-state index contributed by atoms with van der Waals surface area (Å²) >= 11 is 0. The normalized spacial score (nSPS) is 14.5. The number of ether oxygens (including phenoxy) is 6. The van der Waals surface area contributed by atoms with Crippen LogP contribution in [0.3, 0.4) is 0 Å². The van der Waals surface area contributed by atoms with Gasteiger partial charge in [0.1, 0.15) is 23.7 Å². The van der Waals surface area contributed by atoms with E-state index in [9.17, 15) is 19.2 Å². The molecule has 0 saturated heterocycles. The van der Waals surface area contributed by atoms with Crippen LogP contribution in [0.5, 0.6) is 11.5 Å². The van der Waals surface area contributed by atoms with E-state index in [1.54, 1.807) is 36.7 Å². The van der Waals surface area contributed by atoms with Crippen LogP contribution in [0.2, 0.25) is 0 Å². The van der Waals surface area contributed by atoms with Crippen molar-refractivity contribution in [2.24, 2.45) is 0 Å². The van der Waals surface area contributed by atoms with Crippen LogP contribution in [-0.4, -0.2) is 72.5 Å². The lowest BCUT2D eigenvalue weighted by Gasteiger charge is -2.30. The molecule has 4 aromatic rings. The zero-order valence-corrected chi connectivity index (χ0v) is 35.5. The second-order valence-electron chi connectivity index (χ2n) is 15.1. The van der Waals surface area contributed by atoms with Crippen LogP contribution in [0.1, 0.15) is 111 Å². The number of carbonyl (C=O) groups excluding carboxylic acids is 4. The topological polar surface area (TPSA) is 149 Å². The summed E-state index contributed by atoms with van der Waals surface area (Å²) in [6, 6.07) is 21.7. The average molecular weight is 847 g/mol. The standard InChI is InChI=1S/C50H58N2O10/c1-3-47(53)59-33-15-9-5-7-13-31-57-41-27-29-43(51-35-41)37-19-23-39(24-20-37)49(55)61-45-17-11-12-18-46(45)62-50(56)40-25-21-38(22-26-40)44-30-28-42(36-52-44)58-32-14-8-6-10-16-34-60-48(54)4-2/h3-4,19-30,35-36,45-46H,1-2,5-18,31-34H2/t45-,46-/m1/s1. The monoisotopic (exact) mass is 846 g/mol. The number of benzene rings is 2. The van der Waals surface area contributed by atoms with Crippen LogP contribution in [0.15, 0.2) is 111 Å². The molecule has 2 aromatic heterocycles. The van der Waals surface area contributed by atoms with E-state index in [1.165, 1.54) is 12.2 Å². The van der Waals surface area contributed by atoms with Crippen molar-refractivity contribution >= 4 is 23.9 Å². The Morgan fingerprint density at radius 2 is 0.871 bits per heavy atom. The number of esters is 4. The summed E-state index contributed by atoms with van der Waals surface area (Å²) in [5.74, 6) is -0.327. The molecule has 0 radical (unpaired) electrons. The summed E-state index contributed by atoms with van der Waals surface area (Å²) in [6.45, 7) is 8.79. The summed E-state index contributed by atoms with van der Waals surface area (Å²) in [6.07, 6.45) is 17.2. The van der Waals surface area contributed by atoms with E-state index in [1.807, 2.05) is 48.5 Å². The largest absolute Gasteiger partial charge is 0.492 e. The van der Waals surface area contributed by atoms with Crippen LogP contribution < -0.4 is 9.47 Å². The first kappa shape index (κ1) is 46.8. The molecule has 2 heterocycles. The van der Waals surface area contributed by atoms with Crippen molar-refractivity contribution in [2.75, 3.05) is 26.4 Å². The Morgan fingerprint density at radius 1 is 0.500 bits per heavy atom. The molecule has 1 saturated carbocycles. The number of hydrogen-bond acceptors (Lipinski definition) is 12. The zero-order chi connectivity index (χ0) is 43.8. The lowest BCUT2D eigenvalue weighted by molar-refractivity contribution is -0.138. The van der Waals surface area contributed by atoms with E-state index < -0.39 is 24.1 Å². The van der Waals surface area contributed by atoms with Gasteiger partial charge in [0.2, 0.25) is 0 Å². The van der Waals surface area contributed by atoms with Gasteiger partial charge in [0.25, 0.3) is 0 Å². The van der Waals surface area contributed by atoms with Gasteiger partial charge >= 0.3 is 23.9 Å². The highest BCUT2D eigenvalue weighted by molar-refractivity contribution is 5.91. The molecule has 0 N–H and O–H groups in total. The van der Waals surface area contributed by atoms with Gasteiger partial charge in [0, 0.05) is 23.3 Å². The predicted molar refractivity (Wildman–Crippen MR) is 236 cm³/mol. The second-order valence-corrected chi connectivity index (χ2v) is 15.1. The molecule has 0 amide bonds. The molecule has 12 heteroatoms. The highest BCUT2D eigenvalue weighted by atomic mass is 16.6. The maximum atomic E-state index is 13.2. The van der Waals surface area contributed by atoms with Gasteiger partial charge in [-0.25, -0.2) is 19.2 Å². The Kier molecular flexibility index (Phi) is 19.7. The van der Waals surface area contributed by atoms with Crippen LogP contribution in [0, 0.1) is 0 Å². The van der Waals surface area contributed by atoms with Crippen molar-refractivity contribution in [3.63, 3.8) is 0 Å². The zero-order valence-electron chi connectivity index (χ0n) is 35.5. The Balaban J connectivity index is 1.00. The summed E-state index contributed by atoms with van der Waals surface area (Å²) < 4.78 is 33.5. The van der Waals surface area contributed by atoms with Gasteiger partial charge in [-0.05, 0) is 99.9 Å². The number of carbonyl (C=O) groups is 4. The molecule has 0 bridgehead atoms. The second kappa shape index (κ2) is 26.1. The van der Waals surface area contributed by atoms with E-state index in [-0.39, 0.29) is 11.9 Å². The van der Waals surface area contributed by atoms with E-state index >= 15 is 0 Å². The SMILES string of the molecule is C=CC(=O)OCCCCCCCOc1ccc(-c2ccc(C(=O)O[C@@H]3CCCC[C@H]3OC(=O)c3ccc(-c4ccc(OCCCCCCCOC(=O)C=C)cn4)cc3)cc2)nc1. The first-order chi connectivity index (χ1) is 30.3. The minimum Gasteiger partial charge on any atom is -0.492 e. The molecule has 0 aliphatic heterocycles. The quantitative estimate of drug-likeness (QED) is 0.0256. The summed E-state index contributed by atoms with van der Waals surface area (Å²) in [4.78, 5) is 57.7. The van der Waals surface area contributed by atoms with Gasteiger partial charge in [0.05, 0.1) is 61.3 Å². The minimum atomic E-state index is -0.548. The number of unbranched alkanes of at least 4 members (excludes halogenated alkanes) is 8. The predicted octanol–water partition coefficient (Wildman–Crippen LogP) is 10.3. The molecule has 0 spiro atoms. The van der Waals surface area contributed by atoms with Crippen LogP contribution in [0.25, 0.3) is 22.5 Å². The smallest absolute Gasteiger partial charge is 0.338 e. The first-order valence-electron chi connectivity index (χ1n) is 21.7. The fourth-order valence-corrected chi connectivity index (χ4v) is 6.88. The van der Waals surface area contributed by atoms with Crippen LogP contribution in [-0.2, 0) is 28.5 Å². The molecule has 1 aliphatic carbocycles. The number of aromatic nitrogens is 2. The number of nitrogens with zero attached hydrogens (tertiary/aromatic N) is 2.